The Hall–Kier alpha value is -1.99. The molecule has 0 heterocycles. The van der Waals surface area contributed by atoms with Gasteiger partial charge in [-0.05, 0) is 42.3 Å². The zero-order valence-electron chi connectivity index (χ0n) is 14.9. The van der Waals surface area contributed by atoms with E-state index in [9.17, 15) is 14.4 Å². The second-order valence-corrected chi connectivity index (χ2v) is 8.07. The Kier molecular flexibility index (Phi) is 7.74. The van der Waals surface area contributed by atoms with Gasteiger partial charge in [0, 0.05) is 20.1 Å². The third kappa shape index (κ3) is 6.29. The molecule has 27 heavy (non-hydrogen) atoms. The highest BCUT2D eigenvalue weighted by Gasteiger charge is 2.26. The Morgan fingerprint density at radius 2 is 1.37 bits per heavy atom. The molecule has 2 rings (SSSR count). The van der Waals surface area contributed by atoms with Crippen molar-refractivity contribution in [2.45, 2.75) is 19.9 Å². The van der Waals surface area contributed by atoms with Crippen LogP contribution < -0.4 is 5.32 Å². The van der Waals surface area contributed by atoms with Gasteiger partial charge in [0.05, 0.1) is 0 Å². The summed E-state index contributed by atoms with van der Waals surface area (Å²) in [6.07, 6.45) is 0. The molecule has 0 radical (unpaired) electrons. The van der Waals surface area contributed by atoms with E-state index in [0.717, 1.165) is 8.95 Å². The number of ether oxygens (including phenoxy) is 1. The molecule has 2 aromatic carbocycles. The minimum absolute atomic E-state index is 0.195. The number of esters is 1. The standard InChI is InChI=1S/C20H19Br2NO4/c1-12(2)18(23-19(25)14-5-9-16(22)10-6-14)20(26)27-11-17(24)13-3-7-15(21)8-4-13/h3-10,12,18H,11H2,1-2H3,(H,23,25)/t18-/m1/s1. The first-order valence-corrected chi connectivity index (χ1v) is 9.88. The van der Waals surface area contributed by atoms with Gasteiger partial charge in [0.15, 0.2) is 12.4 Å². The first kappa shape index (κ1) is 21.3. The lowest BCUT2D eigenvalue weighted by atomic mass is 10.0. The number of hydrogen-bond acceptors (Lipinski definition) is 4. The van der Waals surface area contributed by atoms with Gasteiger partial charge in [0.2, 0.25) is 0 Å². The molecule has 0 aliphatic heterocycles. The summed E-state index contributed by atoms with van der Waals surface area (Å²) in [5, 5.41) is 2.68. The summed E-state index contributed by atoms with van der Waals surface area (Å²) in [6.45, 7) is 3.21. The summed E-state index contributed by atoms with van der Waals surface area (Å²) >= 11 is 6.61. The van der Waals surface area contributed by atoms with Crippen LogP contribution in [0, 0.1) is 5.92 Å². The van der Waals surface area contributed by atoms with Gasteiger partial charge in [-0.25, -0.2) is 4.79 Å². The van der Waals surface area contributed by atoms with Crippen molar-refractivity contribution in [1.82, 2.24) is 5.32 Å². The van der Waals surface area contributed by atoms with Crippen molar-refractivity contribution >= 4 is 49.5 Å². The highest BCUT2D eigenvalue weighted by Crippen LogP contribution is 2.13. The number of carbonyl (C=O) groups excluding carboxylic acids is 3. The van der Waals surface area contributed by atoms with Crippen LogP contribution in [-0.2, 0) is 9.53 Å². The molecule has 0 bridgehead atoms. The number of ketones is 1. The second-order valence-electron chi connectivity index (χ2n) is 6.24. The maximum Gasteiger partial charge on any atom is 0.329 e. The summed E-state index contributed by atoms with van der Waals surface area (Å²) in [5.41, 5.74) is 0.883. The third-order valence-corrected chi connectivity index (χ3v) is 4.88. The van der Waals surface area contributed by atoms with Crippen molar-refractivity contribution in [2.75, 3.05) is 6.61 Å². The van der Waals surface area contributed by atoms with E-state index in [4.69, 9.17) is 4.74 Å². The highest BCUT2D eigenvalue weighted by molar-refractivity contribution is 9.10. The van der Waals surface area contributed by atoms with Gasteiger partial charge in [-0.15, -0.1) is 0 Å². The largest absolute Gasteiger partial charge is 0.456 e. The fraction of sp³-hybridized carbons (Fsp3) is 0.250. The normalized spacial score (nSPS) is 11.7. The van der Waals surface area contributed by atoms with E-state index in [1.807, 2.05) is 0 Å². The SMILES string of the molecule is CC(C)[C@@H](NC(=O)c1ccc(Br)cc1)C(=O)OCC(=O)c1ccc(Br)cc1. The fourth-order valence-corrected chi connectivity index (χ4v) is 2.80. The van der Waals surface area contributed by atoms with E-state index in [1.165, 1.54) is 0 Å². The van der Waals surface area contributed by atoms with Crippen molar-refractivity contribution in [1.29, 1.82) is 0 Å². The smallest absolute Gasteiger partial charge is 0.329 e. The molecule has 0 fully saturated rings. The van der Waals surface area contributed by atoms with Crippen LogP contribution in [0.3, 0.4) is 0 Å². The Morgan fingerprint density at radius 1 is 0.889 bits per heavy atom. The molecule has 0 saturated carbocycles. The molecule has 1 N–H and O–H groups in total. The minimum Gasteiger partial charge on any atom is -0.456 e. The van der Waals surface area contributed by atoms with Crippen LogP contribution in [0.1, 0.15) is 34.6 Å². The number of amides is 1. The van der Waals surface area contributed by atoms with Crippen molar-refractivity contribution in [3.8, 4) is 0 Å². The summed E-state index contributed by atoms with van der Waals surface area (Å²) in [7, 11) is 0. The van der Waals surface area contributed by atoms with Crippen molar-refractivity contribution in [2.24, 2.45) is 5.92 Å². The summed E-state index contributed by atoms with van der Waals surface area (Å²) in [6, 6.07) is 12.7. The van der Waals surface area contributed by atoms with Crippen LogP contribution in [0.25, 0.3) is 0 Å². The molecule has 142 valence electrons. The number of carbonyl (C=O) groups is 3. The average molecular weight is 497 g/mol. The lowest BCUT2D eigenvalue weighted by Crippen LogP contribution is -2.45. The monoisotopic (exact) mass is 495 g/mol. The Labute approximate surface area is 174 Å². The van der Waals surface area contributed by atoms with Gasteiger partial charge >= 0.3 is 5.97 Å². The predicted molar refractivity (Wildman–Crippen MR) is 110 cm³/mol. The highest BCUT2D eigenvalue weighted by atomic mass is 79.9. The van der Waals surface area contributed by atoms with Gasteiger partial charge in [-0.1, -0.05) is 57.8 Å². The van der Waals surface area contributed by atoms with Gasteiger partial charge in [-0.3, -0.25) is 9.59 Å². The summed E-state index contributed by atoms with van der Waals surface area (Å²) in [4.78, 5) is 36.9. The molecular weight excluding hydrogens is 478 g/mol. The summed E-state index contributed by atoms with van der Waals surface area (Å²) in [5.74, 6) is -1.52. The topological polar surface area (TPSA) is 72.5 Å². The Morgan fingerprint density at radius 3 is 1.85 bits per heavy atom. The number of Topliss-reactive ketones (excluding diaryl/α,β-unsaturated/α-hetero) is 1. The minimum atomic E-state index is -0.848. The molecule has 0 aliphatic carbocycles. The molecule has 0 saturated heterocycles. The number of benzene rings is 2. The van der Waals surface area contributed by atoms with Crippen LogP contribution in [0.4, 0.5) is 0 Å². The van der Waals surface area contributed by atoms with Crippen LogP contribution in [0.15, 0.2) is 57.5 Å². The summed E-state index contributed by atoms with van der Waals surface area (Å²) < 4.78 is 6.85. The molecule has 0 unspecified atom stereocenters. The predicted octanol–water partition coefficient (Wildman–Crippen LogP) is 4.39. The Bertz CT molecular complexity index is 817. The van der Waals surface area contributed by atoms with Gasteiger partial charge < -0.3 is 10.1 Å². The molecule has 0 spiro atoms. The zero-order valence-corrected chi connectivity index (χ0v) is 18.0. The van der Waals surface area contributed by atoms with Crippen molar-refractivity contribution in [3.05, 3.63) is 68.6 Å². The van der Waals surface area contributed by atoms with Crippen LogP contribution in [0.2, 0.25) is 0 Å². The molecule has 7 heteroatoms. The van der Waals surface area contributed by atoms with E-state index in [-0.39, 0.29) is 24.2 Å². The van der Waals surface area contributed by atoms with E-state index in [2.05, 4.69) is 37.2 Å². The van der Waals surface area contributed by atoms with Gasteiger partial charge in [0.25, 0.3) is 5.91 Å². The number of hydrogen-bond donors (Lipinski definition) is 1. The molecule has 1 amide bonds. The fourth-order valence-electron chi connectivity index (χ4n) is 2.27. The van der Waals surface area contributed by atoms with Crippen molar-refractivity contribution in [3.63, 3.8) is 0 Å². The molecule has 0 aliphatic rings. The number of nitrogens with one attached hydrogen (secondary N) is 1. The molecular formula is C20H19Br2NO4. The molecule has 2 aromatic rings. The maximum atomic E-state index is 12.4. The van der Waals surface area contributed by atoms with E-state index in [1.54, 1.807) is 62.4 Å². The third-order valence-electron chi connectivity index (χ3n) is 3.83. The van der Waals surface area contributed by atoms with Gasteiger partial charge in [-0.2, -0.15) is 0 Å². The first-order chi connectivity index (χ1) is 12.8. The van der Waals surface area contributed by atoms with Crippen LogP contribution >= 0.6 is 31.9 Å². The van der Waals surface area contributed by atoms with Crippen LogP contribution in [0.5, 0.6) is 0 Å². The van der Waals surface area contributed by atoms with E-state index in [0.29, 0.717) is 11.1 Å². The zero-order chi connectivity index (χ0) is 20.0. The Balaban J connectivity index is 1.97. The quantitative estimate of drug-likeness (QED) is 0.455. The lowest BCUT2D eigenvalue weighted by molar-refractivity contribution is -0.145. The van der Waals surface area contributed by atoms with E-state index >= 15 is 0 Å². The maximum absolute atomic E-state index is 12.4. The molecule has 5 nitrogen and oxygen atoms in total. The average Bonchev–Trinajstić information content (AvgIpc) is 2.64. The van der Waals surface area contributed by atoms with E-state index < -0.39 is 12.0 Å². The number of halogens is 2. The number of rotatable bonds is 7. The van der Waals surface area contributed by atoms with Gasteiger partial charge in [0.1, 0.15) is 6.04 Å². The second kappa shape index (κ2) is 9.80. The molecule has 0 aromatic heterocycles. The van der Waals surface area contributed by atoms with Crippen LogP contribution in [-0.4, -0.2) is 30.3 Å². The first-order valence-electron chi connectivity index (χ1n) is 8.29. The van der Waals surface area contributed by atoms with Crippen molar-refractivity contribution < 1.29 is 19.1 Å². The molecule has 1 atom stereocenters. The lowest BCUT2D eigenvalue weighted by Gasteiger charge is -2.20.